The molecule has 0 aliphatic rings. The minimum atomic E-state index is 0.628. The zero-order valence-corrected chi connectivity index (χ0v) is 13.1. The van der Waals surface area contributed by atoms with Gasteiger partial charge in [0, 0.05) is 25.4 Å². The summed E-state index contributed by atoms with van der Waals surface area (Å²) in [5.41, 5.74) is 0.955. The monoisotopic (exact) mass is 296 g/mol. The number of rotatable bonds is 9. The van der Waals surface area contributed by atoms with Crippen molar-refractivity contribution < 1.29 is 9.47 Å². The number of ether oxygens (including phenoxy) is 2. The van der Waals surface area contributed by atoms with Crippen molar-refractivity contribution in [3.05, 3.63) is 24.3 Å². The third-order valence-corrected chi connectivity index (χ3v) is 2.79. The second-order valence-electron chi connectivity index (χ2n) is 4.30. The Morgan fingerprint density at radius 1 is 1.15 bits per heavy atom. The van der Waals surface area contributed by atoms with Crippen LogP contribution in [0.5, 0.6) is 5.75 Å². The van der Waals surface area contributed by atoms with E-state index < -0.39 is 0 Å². The van der Waals surface area contributed by atoms with Crippen LogP contribution in [0, 0.1) is 0 Å². The van der Waals surface area contributed by atoms with E-state index in [1.807, 2.05) is 31.2 Å². The average molecular weight is 296 g/mol. The van der Waals surface area contributed by atoms with Crippen molar-refractivity contribution in [1.82, 2.24) is 5.32 Å². The quantitative estimate of drug-likeness (QED) is 0.541. The minimum absolute atomic E-state index is 0.628. The number of hydrogen-bond acceptors (Lipinski definition) is 3. The summed E-state index contributed by atoms with van der Waals surface area (Å²) in [5.74, 6) is 0.882. The Morgan fingerprint density at radius 3 is 2.55 bits per heavy atom. The summed E-state index contributed by atoms with van der Waals surface area (Å²) in [7, 11) is 0. The second kappa shape index (κ2) is 10.5. The molecule has 1 aromatic rings. The van der Waals surface area contributed by atoms with E-state index in [1.54, 1.807) is 0 Å². The number of anilines is 1. The number of benzene rings is 1. The molecule has 0 aliphatic carbocycles. The van der Waals surface area contributed by atoms with E-state index in [0.29, 0.717) is 5.11 Å². The van der Waals surface area contributed by atoms with E-state index in [2.05, 4.69) is 17.6 Å². The van der Waals surface area contributed by atoms with E-state index in [1.165, 1.54) is 0 Å². The molecular formula is C15H24N2O2S. The lowest BCUT2D eigenvalue weighted by atomic mass is 10.3. The lowest BCUT2D eigenvalue weighted by molar-refractivity contribution is 0.146. The van der Waals surface area contributed by atoms with Crippen LogP contribution in [0.25, 0.3) is 0 Å². The Hall–Kier alpha value is -1.33. The molecule has 1 aromatic carbocycles. The highest BCUT2D eigenvalue weighted by Gasteiger charge is 1.98. The molecule has 0 radical (unpaired) electrons. The second-order valence-corrected chi connectivity index (χ2v) is 4.71. The van der Waals surface area contributed by atoms with Gasteiger partial charge in [0.15, 0.2) is 5.11 Å². The molecular weight excluding hydrogens is 272 g/mol. The highest BCUT2D eigenvalue weighted by molar-refractivity contribution is 7.80. The Kier molecular flexibility index (Phi) is 8.74. The van der Waals surface area contributed by atoms with Gasteiger partial charge in [0.1, 0.15) is 5.75 Å². The van der Waals surface area contributed by atoms with Crippen LogP contribution in [0.1, 0.15) is 26.7 Å². The van der Waals surface area contributed by atoms with Gasteiger partial charge in [0.2, 0.25) is 0 Å². The average Bonchev–Trinajstić information content (AvgIpc) is 2.46. The third-order valence-electron chi connectivity index (χ3n) is 2.54. The Labute approximate surface area is 126 Å². The molecule has 0 unspecified atom stereocenters. The lowest BCUT2D eigenvalue weighted by Gasteiger charge is -2.11. The number of nitrogens with one attached hydrogen (secondary N) is 2. The first kappa shape index (κ1) is 16.7. The molecule has 0 aliphatic heterocycles. The third kappa shape index (κ3) is 7.31. The first-order valence-corrected chi connectivity index (χ1v) is 7.52. The van der Waals surface area contributed by atoms with Gasteiger partial charge in [-0.25, -0.2) is 0 Å². The predicted molar refractivity (Wildman–Crippen MR) is 87.6 cm³/mol. The van der Waals surface area contributed by atoms with E-state index in [0.717, 1.165) is 50.6 Å². The molecule has 0 saturated heterocycles. The van der Waals surface area contributed by atoms with Gasteiger partial charge >= 0.3 is 0 Å². The smallest absolute Gasteiger partial charge is 0.170 e. The fourth-order valence-electron chi connectivity index (χ4n) is 1.55. The molecule has 0 heterocycles. The molecule has 1 rings (SSSR count). The molecule has 0 bridgehead atoms. The van der Waals surface area contributed by atoms with Gasteiger partial charge in [-0.2, -0.15) is 0 Å². The summed E-state index contributed by atoms with van der Waals surface area (Å²) >= 11 is 5.22. The molecule has 0 aromatic heterocycles. The van der Waals surface area contributed by atoms with Gasteiger partial charge in [-0.05, 0) is 56.2 Å². The molecule has 5 heteroatoms. The highest BCUT2D eigenvalue weighted by atomic mass is 32.1. The summed E-state index contributed by atoms with van der Waals surface area (Å²) < 4.78 is 10.8. The number of thiocarbonyl (C=S) groups is 1. The van der Waals surface area contributed by atoms with E-state index in [-0.39, 0.29) is 0 Å². The van der Waals surface area contributed by atoms with Crippen molar-refractivity contribution in [2.75, 3.05) is 31.7 Å². The van der Waals surface area contributed by atoms with Gasteiger partial charge in [0.05, 0.1) is 6.61 Å². The molecule has 0 spiro atoms. The maximum atomic E-state index is 5.53. The summed E-state index contributed by atoms with van der Waals surface area (Å²) in [6.45, 7) is 7.15. The van der Waals surface area contributed by atoms with Gasteiger partial charge in [-0.15, -0.1) is 0 Å². The topological polar surface area (TPSA) is 42.5 Å². The first-order valence-electron chi connectivity index (χ1n) is 7.11. The molecule has 112 valence electrons. The maximum Gasteiger partial charge on any atom is 0.170 e. The Morgan fingerprint density at radius 2 is 1.90 bits per heavy atom. The highest BCUT2D eigenvalue weighted by Crippen LogP contribution is 2.15. The molecule has 0 fully saturated rings. The summed E-state index contributed by atoms with van der Waals surface area (Å²) in [6.07, 6.45) is 1.95. The summed E-state index contributed by atoms with van der Waals surface area (Å²) in [6, 6.07) is 7.80. The van der Waals surface area contributed by atoms with Crippen LogP contribution in [-0.4, -0.2) is 31.5 Å². The van der Waals surface area contributed by atoms with E-state index in [4.69, 9.17) is 21.7 Å². The molecule has 0 amide bonds. The summed E-state index contributed by atoms with van der Waals surface area (Å²) in [4.78, 5) is 0. The zero-order valence-electron chi connectivity index (χ0n) is 12.3. The van der Waals surface area contributed by atoms with Crippen LogP contribution in [0.4, 0.5) is 5.69 Å². The van der Waals surface area contributed by atoms with Crippen molar-refractivity contribution in [2.24, 2.45) is 0 Å². The molecule has 20 heavy (non-hydrogen) atoms. The van der Waals surface area contributed by atoms with Crippen LogP contribution in [0.3, 0.4) is 0 Å². The van der Waals surface area contributed by atoms with Crippen LogP contribution in [0.2, 0.25) is 0 Å². The van der Waals surface area contributed by atoms with Crippen molar-refractivity contribution in [3.63, 3.8) is 0 Å². The zero-order chi connectivity index (χ0) is 14.6. The predicted octanol–water partition coefficient (Wildman–Crippen LogP) is 3.19. The molecule has 0 atom stereocenters. The van der Waals surface area contributed by atoms with Gasteiger partial charge in [0.25, 0.3) is 0 Å². The number of hydrogen-bond donors (Lipinski definition) is 2. The standard InChI is InChI=1S/C15H24N2O2S/c1-3-11-19-14-8-6-13(7-9-14)17-15(20)16-10-5-12-18-4-2/h6-9H,3-5,10-12H2,1-2H3,(H2,16,17,20). The van der Waals surface area contributed by atoms with Crippen molar-refractivity contribution in [2.45, 2.75) is 26.7 Å². The van der Waals surface area contributed by atoms with Gasteiger partial charge < -0.3 is 20.1 Å². The van der Waals surface area contributed by atoms with Crippen LogP contribution >= 0.6 is 12.2 Å². The van der Waals surface area contributed by atoms with E-state index >= 15 is 0 Å². The SMILES string of the molecule is CCCOc1ccc(NC(=S)NCCCOCC)cc1. The Balaban J connectivity index is 2.24. The molecule has 0 saturated carbocycles. The lowest BCUT2D eigenvalue weighted by Crippen LogP contribution is -2.29. The molecule has 4 nitrogen and oxygen atoms in total. The van der Waals surface area contributed by atoms with Crippen molar-refractivity contribution in [1.29, 1.82) is 0 Å². The van der Waals surface area contributed by atoms with E-state index in [9.17, 15) is 0 Å². The summed E-state index contributed by atoms with van der Waals surface area (Å²) in [5, 5.41) is 6.92. The fraction of sp³-hybridized carbons (Fsp3) is 0.533. The Bertz CT molecular complexity index is 382. The minimum Gasteiger partial charge on any atom is -0.494 e. The van der Waals surface area contributed by atoms with Crippen molar-refractivity contribution in [3.8, 4) is 5.75 Å². The van der Waals surface area contributed by atoms with Crippen LogP contribution in [-0.2, 0) is 4.74 Å². The largest absolute Gasteiger partial charge is 0.494 e. The van der Waals surface area contributed by atoms with Gasteiger partial charge in [-0.1, -0.05) is 6.92 Å². The van der Waals surface area contributed by atoms with Gasteiger partial charge in [-0.3, -0.25) is 0 Å². The maximum absolute atomic E-state index is 5.53. The normalized spacial score (nSPS) is 10.1. The molecule has 2 N–H and O–H groups in total. The van der Waals surface area contributed by atoms with Crippen LogP contribution in [0.15, 0.2) is 24.3 Å². The fourth-order valence-corrected chi connectivity index (χ4v) is 1.77. The van der Waals surface area contributed by atoms with Crippen LogP contribution < -0.4 is 15.4 Å². The first-order chi connectivity index (χ1) is 9.76. The van der Waals surface area contributed by atoms with Crippen molar-refractivity contribution >= 4 is 23.0 Å².